The molecule has 0 saturated carbocycles. The minimum Gasteiger partial charge on any atom is -0.370 e. The van der Waals surface area contributed by atoms with Crippen molar-refractivity contribution in [2.24, 2.45) is 0 Å². The Bertz CT molecular complexity index is 561. The van der Waals surface area contributed by atoms with Crippen LogP contribution in [0, 0.1) is 0 Å². The number of hydrogen-bond donors (Lipinski definition) is 1. The zero-order chi connectivity index (χ0) is 14.4. The van der Waals surface area contributed by atoms with Gasteiger partial charge in [-0.05, 0) is 36.9 Å². The number of nitrogens with one attached hydrogen (secondary N) is 1. The number of aromatic nitrogens is 2. The van der Waals surface area contributed by atoms with E-state index in [2.05, 4.69) is 22.2 Å². The predicted octanol–water partition coefficient (Wildman–Crippen LogP) is 4.83. The molecule has 0 fully saturated rings. The second-order valence-electron chi connectivity index (χ2n) is 4.06. The van der Waals surface area contributed by atoms with Crippen LogP contribution in [0.25, 0.3) is 0 Å². The van der Waals surface area contributed by atoms with Gasteiger partial charge in [-0.1, -0.05) is 42.0 Å². The number of hydrogen-bond acceptors (Lipinski definition) is 5. The lowest BCUT2D eigenvalue weighted by Gasteiger charge is -2.08. The van der Waals surface area contributed by atoms with Gasteiger partial charge in [0.1, 0.15) is 10.8 Å². The molecule has 0 saturated heterocycles. The summed E-state index contributed by atoms with van der Waals surface area (Å²) in [5, 5.41) is 5.76. The Labute approximate surface area is 132 Å². The summed E-state index contributed by atoms with van der Waals surface area (Å²) in [4.78, 5) is 10.1. The molecular formula is C14H16ClN3S2. The van der Waals surface area contributed by atoms with E-state index in [9.17, 15) is 0 Å². The smallest absolute Gasteiger partial charge is 0.190 e. The van der Waals surface area contributed by atoms with Gasteiger partial charge in [0, 0.05) is 22.5 Å². The zero-order valence-electron chi connectivity index (χ0n) is 11.4. The minimum absolute atomic E-state index is 0.743. The molecule has 1 N–H and O–H groups in total. The Morgan fingerprint density at radius 1 is 1.20 bits per heavy atom. The van der Waals surface area contributed by atoms with Crippen LogP contribution in [0.3, 0.4) is 0 Å². The van der Waals surface area contributed by atoms with Gasteiger partial charge in [0.25, 0.3) is 0 Å². The van der Waals surface area contributed by atoms with Crippen molar-refractivity contribution in [1.29, 1.82) is 0 Å². The lowest BCUT2D eigenvalue weighted by molar-refractivity contribution is 0.878. The molecule has 1 heterocycles. The highest BCUT2D eigenvalue weighted by atomic mass is 35.5. The van der Waals surface area contributed by atoms with Crippen LogP contribution in [0.4, 0.5) is 5.82 Å². The summed E-state index contributed by atoms with van der Waals surface area (Å²) in [7, 11) is 0. The van der Waals surface area contributed by atoms with Gasteiger partial charge in [-0.15, -0.1) is 0 Å². The molecular weight excluding hydrogens is 310 g/mol. The SMILES string of the molecule is CCCNc1cc(Sc2ccc(Cl)cc2)nc(SC)n1. The third-order valence-corrected chi connectivity index (χ3v) is 4.18. The third kappa shape index (κ3) is 4.58. The van der Waals surface area contributed by atoms with Crippen LogP contribution in [0.15, 0.2) is 45.4 Å². The normalized spacial score (nSPS) is 10.6. The largest absolute Gasteiger partial charge is 0.370 e. The van der Waals surface area contributed by atoms with Crippen LogP contribution < -0.4 is 5.32 Å². The summed E-state index contributed by atoms with van der Waals surface area (Å²) in [6.07, 6.45) is 3.05. The first-order valence-corrected chi connectivity index (χ1v) is 8.73. The Morgan fingerprint density at radius 2 is 1.95 bits per heavy atom. The fourth-order valence-electron chi connectivity index (χ4n) is 1.51. The second kappa shape index (κ2) is 7.76. The van der Waals surface area contributed by atoms with E-state index < -0.39 is 0 Å². The topological polar surface area (TPSA) is 37.8 Å². The van der Waals surface area contributed by atoms with Crippen molar-refractivity contribution in [1.82, 2.24) is 9.97 Å². The summed E-state index contributed by atoms with van der Waals surface area (Å²) >= 11 is 9.05. The van der Waals surface area contributed by atoms with E-state index in [-0.39, 0.29) is 0 Å². The molecule has 0 amide bonds. The molecule has 6 heteroatoms. The molecule has 1 aromatic heterocycles. The molecule has 0 aliphatic rings. The van der Waals surface area contributed by atoms with E-state index >= 15 is 0 Å². The van der Waals surface area contributed by atoms with Crippen molar-refractivity contribution in [3.05, 3.63) is 35.4 Å². The van der Waals surface area contributed by atoms with E-state index in [4.69, 9.17) is 11.6 Å². The van der Waals surface area contributed by atoms with Gasteiger partial charge >= 0.3 is 0 Å². The fourth-order valence-corrected chi connectivity index (χ4v) is 2.89. The number of nitrogens with zero attached hydrogens (tertiary/aromatic N) is 2. The summed E-state index contributed by atoms with van der Waals surface area (Å²) in [6, 6.07) is 9.74. The van der Waals surface area contributed by atoms with Crippen molar-refractivity contribution < 1.29 is 0 Å². The van der Waals surface area contributed by atoms with E-state index in [0.717, 1.165) is 38.9 Å². The molecule has 1 aromatic carbocycles. The molecule has 2 rings (SSSR count). The molecule has 0 aliphatic carbocycles. The van der Waals surface area contributed by atoms with Crippen molar-refractivity contribution in [3.63, 3.8) is 0 Å². The summed E-state index contributed by atoms with van der Waals surface area (Å²) in [5.74, 6) is 0.877. The van der Waals surface area contributed by atoms with Gasteiger partial charge in [-0.2, -0.15) is 0 Å². The Hall–Kier alpha value is -0.910. The standard InChI is InChI=1S/C14H16ClN3S2/c1-3-8-16-12-9-13(18-14(17-12)19-2)20-11-6-4-10(15)5-7-11/h4-7,9H,3,8H2,1-2H3,(H,16,17,18). The summed E-state index contributed by atoms with van der Waals surface area (Å²) in [6.45, 7) is 3.04. The maximum Gasteiger partial charge on any atom is 0.190 e. The van der Waals surface area contributed by atoms with E-state index in [0.29, 0.717) is 0 Å². The van der Waals surface area contributed by atoms with Crippen LogP contribution in [0.5, 0.6) is 0 Å². The van der Waals surface area contributed by atoms with Gasteiger partial charge in [-0.3, -0.25) is 0 Å². The highest BCUT2D eigenvalue weighted by molar-refractivity contribution is 7.99. The Balaban J connectivity index is 2.19. The maximum atomic E-state index is 5.90. The lowest BCUT2D eigenvalue weighted by Crippen LogP contribution is -2.03. The summed E-state index contributed by atoms with van der Waals surface area (Å²) < 4.78 is 0. The van der Waals surface area contributed by atoms with Crippen LogP contribution in [-0.4, -0.2) is 22.8 Å². The van der Waals surface area contributed by atoms with Crippen molar-refractivity contribution >= 4 is 40.9 Å². The zero-order valence-corrected chi connectivity index (χ0v) is 13.8. The minimum atomic E-state index is 0.743. The summed E-state index contributed by atoms with van der Waals surface area (Å²) in [5.41, 5.74) is 0. The van der Waals surface area contributed by atoms with Crippen LogP contribution in [0.2, 0.25) is 5.02 Å². The molecule has 3 nitrogen and oxygen atoms in total. The molecule has 0 radical (unpaired) electrons. The number of anilines is 1. The van der Waals surface area contributed by atoms with Gasteiger partial charge in [0.15, 0.2) is 5.16 Å². The molecule has 0 bridgehead atoms. The molecule has 2 aromatic rings. The predicted molar refractivity (Wildman–Crippen MR) is 88.2 cm³/mol. The lowest BCUT2D eigenvalue weighted by atomic mass is 10.4. The quantitative estimate of drug-likeness (QED) is 0.468. The number of benzene rings is 1. The third-order valence-electron chi connectivity index (χ3n) is 2.46. The first-order valence-electron chi connectivity index (χ1n) is 6.31. The molecule has 0 unspecified atom stereocenters. The van der Waals surface area contributed by atoms with Crippen molar-refractivity contribution in [2.45, 2.75) is 28.4 Å². The van der Waals surface area contributed by atoms with Gasteiger partial charge in [0.05, 0.1) is 0 Å². The fraction of sp³-hybridized carbons (Fsp3) is 0.286. The monoisotopic (exact) mass is 325 g/mol. The van der Waals surface area contributed by atoms with E-state index in [1.54, 1.807) is 23.5 Å². The van der Waals surface area contributed by atoms with E-state index in [1.165, 1.54) is 0 Å². The number of halogens is 1. The number of rotatable bonds is 6. The highest BCUT2D eigenvalue weighted by Crippen LogP contribution is 2.29. The average Bonchev–Trinajstić information content (AvgIpc) is 2.47. The average molecular weight is 326 g/mol. The van der Waals surface area contributed by atoms with Gasteiger partial charge in [-0.25, -0.2) is 9.97 Å². The van der Waals surface area contributed by atoms with Crippen LogP contribution in [0.1, 0.15) is 13.3 Å². The Morgan fingerprint density at radius 3 is 2.60 bits per heavy atom. The van der Waals surface area contributed by atoms with E-state index in [1.807, 2.05) is 36.6 Å². The van der Waals surface area contributed by atoms with Crippen LogP contribution in [-0.2, 0) is 0 Å². The van der Waals surface area contributed by atoms with Crippen molar-refractivity contribution in [2.75, 3.05) is 18.1 Å². The number of thioether (sulfide) groups is 1. The molecule has 0 atom stereocenters. The Kier molecular flexibility index (Phi) is 6.01. The molecule has 106 valence electrons. The second-order valence-corrected chi connectivity index (χ2v) is 6.36. The first kappa shape index (κ1) is 15.5. The van der Waals surface area contributed by atoms with Gasteiger partial charge < -0.3 is 5.32 Å². The first-order chi connectivity index (χ1) is 9.71. The molecule has 0 aliphatic heterocycles. The van der Waals surface area contributed by atoms with Crippen molar-refractivity contribution in [3.8, 4) is 0 Å². The van der Waals surface area contributed by atoms with Crippen LogP contribution >= 0.6 is 35.1 Å². The molecule has 20 heavy (non-hydrogen) atoms. The highest BCUT2D eigenvalue weighted by Gasteiger charge is 2.05. The molecule has 0 spiro atoms. The maximum absolute atomic E-state index is 5.90. The van der Waals surface area contributed by atoms with Gasteiger partial charge in [0.2, 0.25) is 0 Å².